The zero-order valence-electron chi connectivity index (χ0n) is 13.4. The number of nitrogens with two attached hydrogens (primary N) is 2. The Morgan fingerprint density at radius 1 is 1.33 bits per heavy atom. The summed E-state index contributed by atoms with van der Waals surface area (Å²) < 4.78 is 5.10. The van der Waals surface area contributed by atoms with Gasteiger partial charge in [-0.3, -0.25) is 5.41 Å². The number of aliphatic hydroxyl groups excluding tert-OH is 1. The molecule has 0 amide bonds. The standard InChI is InChI=1S/C12H18N4O2.C3H6O3/c13-10(7-4-8-16-12(14)15)11(17)18-9-5-2-1-3-6-9;1-2(4)3(5)6/h1-3,5-6,10H,4,7-8,13H2,(H4,14,15,16);2,4H,1H3,(H,5,6)/t10-;/m0./s1. The number of esters is 1. The molecule has 0 spiro atoms. The predicted molar refractivity (Wildman–Crippen MR) is 88.5 cm³/mol. The second-order valence-corrected chi connectivity index (χ2v) is 4.84. The van der Waals surface area contributed by atoms with E-state index >= 15 is 0 Å². The Labute approximate surface area is 140 Å². The van der Waals surface area contributed by atoms with Gasteiger partial charge < -0.3 is 31.7 Å². The fourth-order valence-electron chi connectivity index (χ4n) is 1.34. The second-order valence-electron chi connectivity index (χ2n) is 4.84. The quantitative estimate of drug-likeness (QED) is 0.128. The van der Waals surface area contributed by atoms with E-state index in [0.717, 1.165) is 0 Å². The fraction of sp³-hybridized carbons (Fsp3) is 0.400. The second kappa shape index (κ2) is 11.9. The molecule has 0 aliphatic carbocycles. The van der Waals surface area contributed by atoms with Crippen LogP contribution in [0.3, 0.4) is 0 Å². The first-order valence-corrected chi connectivity index (χ1v) is 7.25. The predicted octanol–water partition coefficient (Wildman–Crippen LogP) is -0.366. The van der Waals surface area contributed by atoms with Crippen molar-refractivity contribution in [2.75, 3.05) is 6.54 Å². The van der Waals surface area contributed by atoms with Crippen molar-refractivity contribution in [3.63, 3.8) is 0 Å². The number of guanidine groups is 1. The molecule has 1 aromatic rings. The lowest BCUT2D eigenvalue weighted by molar-refractivity contribution is -0.145. The van der Waals surface area contributed by atoms with Crippen molar-refractivity contribution >= 4 is 17.9 Å². The summed E-state index contributed by atoms with van der Waals surface area (Å²) in [6, 6.07) is 8.13. The maximum Gasteiger partial charge on any atom is 0.332 e. The van der Waals surface area contributed by atoms with E-state index in [4.69, 9.17) is 31.8 Å². The van der Waals surface area contributed by atoms with Crippen molar-refractivity contribution in [2.24, 2.45) is 11.5 Å². The van der Waals surface area contributed by atoms with Crippen LogP contribution in [0.1, 0.15) is 19.8 Å². The van der Waals surface area contributed by atoms with Crippen LogP contribution in [-0.4, -0.2) is 46.8 Å². The third kappa shape index (κ3) is 11.0. The Hall–Kier alpha value is -2.65. The smallest absolute Gasteiger partial charge is 0.332 e. The zero-order chi connectivity index (χ0) is 18.5. The minimum absolute atomic E-state index is 0.0876. The lowest BCUT2D eigenvalue weighted by Crippen LogP contribution is -2.36. The molecular weight excluding hydrogens is 316 g/mol. The van der Waals surface area contributed by atoms with Gasteiger partial charge in [-0.25, -0.2) is 9.59 Å². The SMILES string of the molecule is CC(O)C(=O)O.N=C(N)NCCC[C@H](N)C(=O)Oc1ccccc1. The van der Waals surface area contributed by atoms with Gasteiger partial charge in [0.15, 0.2) is 5.96 Å². The van der Waals surface area contributed by atoms with Crippen LogP contribution >= 0.6 is 0 Å². The first-order valence-electron chi connectivity index (χ1n) is 7.25. The van der Waals surface area contributed by atoms with Gasteiger partial charge in [0.05, 0.1) is 0 Å². The first kappa shape index (κ1) is 21.4. The maximum atomic E-state index is 11.6. The molecule has 1 aromatic carbocycles. The summed E-state index contributed by atoms with van der Waals surface area (Å²) in [6.07, 6.45) is -0.110. The van der Waals surface area contributed by atoms with E-state index in [0.29, 0.717) is 25.1 Å². The van der Waals surface area contributed by atoms with E-state index in [-0.39, 0.29) is 5.96 Å². The molecule has 1 unspecified atom stereocenters. The van der Waals surface area contributed by atoms with Gasteiger partial charge in [0.25, 0.3) is 0 Å². The number of carbonyl (C=O) groups excluding carboxylic acids is 1. The van der Waals surface area contributed by atoms with Gasteiger partial charge in [0, 0.05) is 6.54 Å². The number of aliphatic carboxylic acids is 1. The van der Waals surface area contributed by atoms with Crippen LogP contribution in [0.2, 0.25) is 0 Å². The number of carboxylic acid groups (broad SMARTS) is 1. The summed E-state index contributed by atoms with van der Waals surface area (Å²) in [4.78, 5) is 21.1. The van der Waals surface area contributed by atoms with Gasteiger partial charge in [0.2, 0.25) is 0 Å². The zero-order valence-corrected chi connectivity index (χ0v) is 13.4. The van der Waals surface area contributed by atoms with Crippen LogP contribution in [0.4, 0.5) is 0 Å². The van der Waals surface area contributed by atoms with Gasteiger partial charge >= 0.3 is 11.9 Å². The molecule has 0 saturated heterocycles. The first-order chi connectivity index (χ1) is 11.2. The number of rotatable bonds is 7. The van der Waals surface area contributed by atoms with Crippen LogP contribution in [0.5, 0.6) is 5.75 Å². The molecule has 0 aromatic heterocycles. The molecule has 134 valence electrons. The number of carboxylic acids is 1. The number of benzene rings is 1. The fourth-order valence-corrected chi connectivity index (χ4v) is 1.34. The largest absolute Gasteiger partial charge is 0.479 e. The highest BCUT2D eigenvalue weighted by molar-refractivity contribution is 5.78. The van der Waals surface area contributed by atoms with E-state index in [2.05, 4.69) is 5.32 Å². The summed E-state index contributed by atoms with van der Waals surface area (Å²) in [6.45, 7) is 1.71. The topological polar surface area (TPSA) is 172 Å². The Morgan fingerprint density at radius 3 is 2.33 bits per heavy atom. The molecule has 0 bridgehead atoms. The number of hydrogen-bond donors (Lipinski definition) is 6. The average molecular weight is 340 g/mol. The molecule has 0 fully saturated rings. The van der Waals surface area contributed by atoms with Crippen molar-refractivity contribution in [2.45, 2.75) is 31.9 Å². The van der Waals surface area contributed by atoms with E-state index in [1.807, 2.05) is 6.07 Å². The third-order valence-electron chi connectivity index (χ3n) is 2.63. The molecule has 0 saturated carbocycles. The lowest BCUT2D eigenvalue weighted by Gasteiger charge is -2.11. The van der Waals surface area contributed by atoms with E-state index in [1.54, 1.807) is 24.3 Å². The van der Waals surface area contributed by atoms with Crippen molar-refractivity contribution in [3.8, 4) is 5.75 Å². The van der Waals surface area contributed by atoms with Gasteiger partial charge in [-0.15, -0.1) is 0 Å². The monoisotopic (exact) mass is 340 g/mol. The molecular formula is C15H24N4O5. The van der Waals surface area contributed by atoms with E-state index < -0.39 is 24.1 Å². The van der Waals surface area contributed by atoms with Crippen LogP contribution in [0, 0.1) is 5.41 Å². The summed E-state index contributed by atoms with van der Waals surface area (Å²) in [5.41, 5.74) is 10.8. The van der Waals surface area contributed by atoms with E-state index in [1.165, 1.54) is 6.92 Å². The van der Waals surface area contributed by atoms with Crippen LogP contribution < -0.4 is 21.5 Å². The molecule has 0 radical (unpaired) electrons. The molecule has 1 rings (SSSR count). The van der Waals surface area contributed by atoms with Crippen LogP contribution in [0.15, 0.2) is 30.3 Å². The van der Waals surface area contributed by atoms with Crippen molar-refractivity contribution in [1.29, 1.82) is 5.41 Å². The molecule has 0 aliphatic rings. The van der Waals surface area contributed by atoms with Crippen molar-refractivity contribution < 1.29 is 24.5 Å². The molecule has 24 heavy (non-hydrogen) atoms. The molecule has 0 aliphatic heterocycles. The van der Waals surface area contributed by atoms with Gasteiger partial charge in [0.1, 0.15) is 17.9 Å². The average Bonchev–Trinajstić information content (AvgIpc) is 2.52. The molecule has 8 N–H and O–H groups in total. The highest BCUT2D eigenvalue weighted by Gasteiger charge is 2.15. The van der Waals surface area contributed by atoms with E-state index in [9.17, 15) is 9.59 Å². The van der Waals surface area contributed by atoms with Gasteiger partial charge in [-0.1, -0.05) is 18.2 Å². The molecule has 0 heterocycles. The minimum Gasteiger partial charge on any atom is -0.479 e. The molecule has 9 heteroatoms. The summed E-state index contributed by atoms with van der Waals surface area (Å²) >= 11 is 0. The molecule has 9 nitrogen and oxygen atoms in total. The number of ether oxygens (including phenoxy) is 1. The van der Waals surface area contributed by atoms with Crippen molar-refractivity contribution in [1.82, 2.24) is 5.32 Å². The highest BCUT2D eigenvalue weighted by Crippen LogP contribution is 2.09. The summed E-state index contributed by atoms with van der Waals surface area (Å²) in [7, 11) is 0. The minimum atomic E-state index is -1.23. The third-order valence-corrected chi connectivity index (χ3v) is 2.63. The summed E-state index contributed by atoms with van der Waals surface area (Å²) in [5, 5.41) is 25.4. The number of nitrogens with one attached hydrogen (secondary N) is 2. The van der Waals surface area contributed by atoms with Crippen LogP contribution in [-0.2, 0) is 9.59 Å². The number of carbonyl (C=O) groups is 2. The number of aliphatic hydroxyl groups is 1. The summed E-state index contributed by atoms with van der Waals surface area (Å²) in [5.74, 6) is -1.24. The number of hydrogen-bond acceptors (Lipinski definition) is 6. The maximum absolute atomic E-state index is 11.6. The molecule has 2 atom stereocenters. The number of para-hydroxylation sites is 1. The van der Waals surface area contributed by atoms with Crippen molar-refractivity contribution in [3.05, 3.63) is 30.3 Å². The van der Waals surface area contributed by atoms with Crippen LogP contribution in [0.25, 0.3) is 0 Å². The van der Waals surface area contributed by atoms with Gasteiger partial charge in [-0.05, 0) is 31.9 Å². The Morgan fingerprint density at radius 2 is 1.88 bits per heavy atom. The Kier molecular flexibility index (Phi) is 10.5. The Bertz CT molecular complexity index is 522. The van der Waals surface area contributed by atoms with Gasteiger partial charge in [-0.2, -0.15) is 0 Å². The Balaban J connectivity index is 0.000000754. The normalized spacial score (nSPS) is 12.1. The lowest BCUT2D eigenvalue weighted by atomic mass is 10.1. The highest BCUT2D eigenvalue weighted by atomic mass is 16.5.